The fourth-order valence-electron chi connectivity index (χ4n) is 2.07. The van der Waals surface area contributed by atoms with Crippen molar-refractivity contribution in [1.29, 1.82) is 0 Å². The number of alkyl halides is 3. The summed E-state index contributed by atoms with van der Waals surface area (Å²) in [5.41, 5.74) is 6.03. The molecule has 1 aromatic rings. The summed E-state index contributed by atoms with van der Waals surface area (Å²) in [6.45, 7) is 1.75. The Morgan fingerprint density at radius 2 is 1.91 bits per heavy atom. The Bertz CT molecular complexity index is 653. The van der Waals surface area contributed by atoms with Crippen molar-refractivity contribution in [2.24, 2.45) is 5.73 Å². The number of nitrogens with zero attached hydrogens (tertiary/aromatic N) is 1. The van der Waals surface area contributed by atoms with Gasteiger partial charge in [-0.3, -0.25) is 9.69 Å². The van der Waals surface area contributed by atoms with Gasteiger partial charge in [-0.2, -0.15) is 0 Å². The molecule has 1 aliphatic rings. The first-order valence-corrected chi connectivity index (χ1v) is 6.57. The van der Waals surface area contributed by atoms with E-state index in [1.807, 2.05) is 0 Å². The molecule has 6 nitrogen and oxygen atoms in total. The van der Waals surface area contributed by atoms with Crippen molar-refractivity contribution in [1.82, 2.24) is 0 Å². The molecule has 0 aromatic heterocycles. The summed E-state index contributed by atoms with van der Waals surface area (Å²) in [5, 5.41) is 0. The topological polar surface area (TPSA) is 81.9 Å². The Morgan fingerprint density at radius 3 is 2.43 bits per heavy atom. The third-order valence-electron chi connectivity index (χ3n) is 2.98. The predicted octanol–water partition coefficient (Wildman–Crippen LogP) is 2.06. The second-order valence-electron chi connectivity index (χ2n) is 4.53. The second-order valence-corrected chi connectivity index (χ2v) is 4.53. The number of amides is 1. The lowest BCUT2D eigenvalue weighted by Gasteiger charge is -2.18. The maximum Gasteiger partial charge on any atom is 0.573 e. The zero-order chi connectivity index (χ0) is 17.2. The third kappa shape index (κ3) is 3.74. The lowest BCUT2D eigenvalue weighted by molar-refractivity contribution is -0.274. The van der Waals surface area contributed by atoms with E-state index in [-0.39, 0.29) is 30.1 Å². The van der Waals surface area contributed by atoms with Crippen molar-refractivity contribution in [2.75, 3.05) is 11.5 Å². The summed E-state index contributed by atoms with van der Waals surface area (Å²) in [6.07, 6.45) is -5.04. The molecule has 1 heterocycles. The maximum atomic E-state index is 12.1. The molecule has 23 heavy (non-hydrogen) atoms. The number of halogens is 3. The molecular formula is C14H13F3N2O4. The summed E-state index contributed by atoms with van der Waals surface area (Å²) in [6, 6.07) is 4.57. The summed E-state index contributed by atoms with van der Waals surface area (Å²) in [5.74, 6) is -1.70. The number of hydrogen-bond acceptors (Lipinski definition) is 5. The van der Waals surface area contributed by atoms with Crippen LogP contribution in [0.5, 0.6) is 5.75 Å². The molecule has 0 fully saturated rings. The van der Waals surface area contributed by atoms with Gasteiger partial charge in [-0.1, -0.05) is 0 Å². The summed E-state index contributed by atoms with van der Waals surface area (Å²) in [4.78, 5) is 24.8. The number of rotatable bonds is 4. The third-order valence-corrected chi connectivity index (χ3v) is 2.98. The lowest BCUT2D eigenvalue weighted by Crippen LogP contribution is -2.28. The number of nitrogens with two attached hydrogens (primary N) is 1. The van der Waals surface area contributed by atoms with Gasteiger partial charge in [0.05, 0.1) is 24.3 Å². The number of hydrogen-bond donors (Lipinski definition) is 1. The van der Waals surface area contributed by atoms with E-state index in [1.165, 1.54) is 12.1 Å². The Balaban J connectivity index is 2.24. The van der Waals surface area contributed by atoms with E-state index in [0.29, 0.717) is 0 Å². The Labute approximate surface area is 129 Å². The van der Waals surface area contributed by atoms with Gasteiger partial charge in [0.2, 0.25) is 5.91 Å². The zero-order valence-electron chi connectivity index (χ0n) is 12.0. The Kier molecular flexibility index (Phi) is 4.48. The smallest absolute Gasteiger partial charge is 0.463 e. The number of benzene rings is 1. The van der Waals surface area contributed by atoms with Gasteiger partial charge in [-0.25, -0.2) is 4.79 Å². The highest BCUT2D eigenvalue weighted by Gasteiger charge is 2.34. The van der Waals surface area contributed by atoms with Gasteiger partial charge in [-0.15, -0.1) is 13.2 Å². The molecule has 0 aliphatic carbocycles. The monoisotopic (exact) mass is 330 g/mol. The van der Waals surface area contributed by atoms with Crippen molar-refractivity contribution in [3.63, 3.8) is 0 Å². The molecule has 1 amide bonds. The standard InChI is InChI=1S/C14H13F3N2O4/c1-2-22-13(21)10-7-11(20)19(12(10)18)8-3-5-9(6-4-8)23-14(15,16)17/h3-6H,2,7,18H2,1H3. The molecule has 0 atom stereocenters. The number of carbonyl (C=O) groups is 2. The van der Waals surface area contributed by atoms with Crippen LogP contribution < -0.4 is 15.4 Å². The number of anilines is 1. The highest BCUT2D eigenvalue weighted by molar-refractivity contribution is 6.09. The van der Waals surface area contributed by atoms with Crippen LogP contribution >= 0.6 is 0 Å². The van der Waals surface area contributed by atoms with Crippen LogP contribution in [0, 0.1) is 0 Å². The molecule has 9 heteroatoms. The van der Waals surface area contributed by atoms with Gasteiger partial charge in [0.25, 0.3) is 0 Å². The van der Waals surface area contributed by atoms with Crippen LogP contribution in [0.3, 0.4) is 0 Å². The lowest BCUT2D eigenvalue weighted by atomic mass is 10.2. The molecule has 2 rings (SSSR count). The minimum absolute atomic E-state index is 0.0208. The van der Waals surface area contributed by atoms with Crippen LogP contribution in [-0.4, -0.2) is 24.8 Å². The molecular weight excluding hydrogens is 317 g/mol. The van der Waals surface area contributed by atoms with Crippen molar-refractivity contribution in [2.45, 2.75) is 19.7 Å². The van der Waals surface area contributed by atoms with Gasteiger partial charge in [0, 0.05) is 0 Å². The average Bonchev–Trinajstić information content (AvgIpc) is 2.74. The Morgan fingerprint density at radius 1 is 1.30 bits per heavy atom. The highest BCUT2D eigenvalue weighted by Crippen LogP contribution is 2.30. The van der Waals surface area contributed by atoms with Crippen LogP contribution in [0.4, 0.5) is 18.9 Å². The molecule has 124 valence electrons. The van der Waals surface area contributed by atoms with Crippen molar-refractivity contribution in [3.8, 4) is 5.75 Å². The first-order valence-electron chi connectivity index (χ1n) is 6.57. The molecule has 1 aromatic carbocycles. The fraction of sp³-hybridized carbons (Fsp3) is 0.286. The van der Waals surface area contributed by atoms with E-state index in [0.717, 1.165) is 17.0 Å². The SMILES string of the molecule is CCOC(=O)C1=C(N)N(c2ccc(OC(F)(F)F)cc2)C(=O)C1. The van der Waals surface area contributed by atoms with E-state index in [2.05, 4.69) is 4.74 Å². The first kappa shape index (κ1) is 16.7. The van der Waals surface area contributed by atoms with Gasteiger partial charge >= 0.3 is 12.3 Å². The van der Waals surface area contributed by atoms with Crippen LogP contribution in [-0.2, 0) is 14.3 Å². The normalized spacial score (nSPS) is 15.1. The Hall–Kier alpha value is -2.71. The zero-order valence-corrected chi connectivity index (χ0v) is 12.0. The van der Waals surface area contributed by atoms with Crippen LogP contribution in [0.1, 0.15) is 13.3 Å². The van der Waals surface area contributed by atoms with Gasteiger partial charge in [-0.05, 0) is 31.2 Å². The molecule has 0 saturated carbocycles. The van der Waals surface area contributed by atoms with E-state index in [4.69, 9.17) is 10.5 Å². The van der Waals surface area contributed by atoms with Crippen LogP contribution in [0.15, 0.2) is 35.7 Å². The molecule has 0 spiro atoms. The molecule has 0 unspecified atom stereocenters. The van der Waals surface area contributed by atoms with Crippen LogP contribution in [0.2, 0.25) is 0 Å². The van der Waals surface area contributed by atoms with Gasteiger partial charge < -0.3 is 15.2 Å². The summed E-state index contributed by atoms with van der Waals surface area (Å²) < 4.78 is 44.9. The van der Waals surface area contributed by atoms with E-state index in [9.17, 15) is 22.8 Å². The fourth-order valence-corrected chi connectivity index (χ4v) is 2.07. The minimum Gasteiger partial charge on any atom is -0.463 e. The molecule has 1 aliphatic heterocycles. The first-order chi connectivity index (χ1) is 10.7. The van der Waals surface area contributed by atoms with Crippen LogP contribution in [0.25, 0.3) is 0 Å². The van der Waals surface area contributed by atoms with Gasteiger partial charge in [0.1, 0.15) is 11.6 Å². The summed E-state index contributed by atoms with van der Waals surface area (Å²) in [7, 11) is 0. The number of carbonyl (C=O) groups excluding carboxylic acids is 2. The highest BCUT2D eigenvalue weighted by atomic mass is 19.4. The second kappa shape index (κ2) is 6.19. The van der Waals surface area contributed by atoms with Crippen molar-refractivity contribution >= 4 is 17.6 Å². The van der Waals surface area contributed by atoms with Crippen molar-refractivity contribution < 1.29 is 32.2 Å². The minimum atomic E-state index is -4.80. The predicted molar refractivity (Wildman–Crippen MR) is 73.1 cm³/mol. The quantitative estimate of drug-likeness (QED) is 0.855. The molecule has 0 bridgehead atoms. The summed E-state index contributed by atoms with van der Waals surface area (Å²) >= 11 is 0. The van der Waals surface area contributed by atoms with E-state index < -0.39 is 24.0 Å². The number of ether oxygens (including phenoxy) is 2. The largest absolute Gasteiger partial charge is 0.573 e. The average molecular weight is 330 g/mol. The number of esters is 1. The van der Waals surface area contributed by atoms with E-state index in [1.54, 1.807) is 6.92 Å². The van der Waals surface area contributed by atoms with Gasteiger partial charge in [0.15, 0.2) is 0 Å². The molecule has 0 radical (unpaired) electrons. The molecule has 0 saturated heterocycles. The maximum absolute atomic E-state index is 12.1. The van der Waals surface area contributed by atoms with E-state index >= 15 is 0 Å². The van der Waals surface area contributed by atoms with Crippen molar-refractivity contribution in [3.05, 3.63) is 35.7 Å². The molecule has 2 N–H and O–H groups in total.